The van der Waals surface area contributed by atoms with E-state index in [9.17, 15) is 4.79 Å². The molecule has 0 aliphatic carbocycles. The van der Waals surface area contributed by atoms with E-state index in [1.54, 1.807) is 0 Å². The number of amides is 1. The van der Waals surface area contributed by atoms with Crippen molar-refractivity contribution in [3.05, 3.63) is 47.6 Å². The number of rotatable bonds is 2. The van der Waals surface area contributed by atoms with Crippen LogP contribution >= 0.6 is 11.3 Å². The highest BCUT2D eigenvalue weighted by molar-refractivity contribution is 7.15. The summed E-state index contributed by atoms with van der Waals surface area (Å²) in [5.74, 6) is 1.25. The molecular formula is C19H21N3OS. The number of piperidine rings is 1. The van der Waals surface area contributed by atoms with E-state index in [0.717, 1.165) is 35.0 Å². The molecule has 0 N–H and O–H groups in total. The molecule has 2 aromatic heterocycles. The molecule has 0 spiro atoms. The summed E-state index contributed by atoms with van der Waals surface area (Å²) < 4.78 is 1.94. The smallest absolute Gasteiger partial charge is 0.271 e. The summed E-state index contributed by atoms with van der Waals surface area (Å²) in [6.45, 7) is 6.15. The average molecular weight is 339 g/mol. The molecule has 2 atom stereocenters. The number of thiazole rings is 1. The van der Waals surface area contributed by atoms with Gasteiger partial charge in [-0.1, -0.05) is 44.2 Å². The van der Waals surface area contributed by atoms with Crippen molar-refractivity contribution in [3.8, 4) is 11.3 Å². The van der Waals surface area contributed by atoms with Gasteiger partial charge in [0.15, 0.2) is 4.96 Å². The van der Waals surface area contributed by atoms with Gasteiger partial charge in [0, 0.05) is 30.2 Å². The first kappa shape index (κ1) is 15.4. The highest BCUT2D eigenvalue weighted by Gasteiger charge is 2.28. The molecular weight excluding hydrogens is 318 g/mol. The summed E-state index contributed by atoms with van der Waals surface area (Å²) in [4.78, 5) is 20.5. The first-order valence-electron chi connectivity index (χ1n) is 8.43. The molecule has 3 heterocycles. The van der Waals surface area contributed by atoms with Crippen molar-refractivity contribution in [3.63, 3.8) is 0 Å². The standard InChI is InChI=1S/C19H21N3OS/c1-13-8-14(2)10-21(9-13)18(23)17-12-24-19-20-16(11-22(17)19)15-6-4-3-5-7-15/h3-7,11-14H,8-10H2,1-2H3. The summed E-state index contributed by atoms with van der Waals surface area (Å²) in [7, 11) is 0. The van der Waals surface area contributed by atoms with Crippen molar-refractivity contribution in [2.45, 2.75) is 20.3 Å². The minimum absolute atomic E-state index is 0.122. The highest BCUT2D eigenvalue weighted by Crippen LogP contribution is 2.26. The Kier molecular flexibility index (Phi) is 3.88. The van der Waals surface area contributed by atoms with Gasteiger partial charge in [0.25, 0.3) is 5.91 Å². The number of imidazole rings is 1. The van der Waals surface area contributed by atoms with Crippen molar-refractivity contribution >= 4 is 22.2 Å². The van der Waals surface area contributed by atoms with Crippen LogP contribution in [0.15, 0.2) is 41.9 Å². The molecule has 4 nitrogen and oxygen atoms in total. The number of benzene rings is 1. The number of hydrogen-bond acceptors (Lipinski definition) is 3. The van der Waals surface area contributed by atoms with Crippen LogP contribution in [0.25, 0.3) is 16.2 Å². The van der Waals surface area contributed by atoms with Crippen LogP contribution in [-0.4, -0.2) is 33.3 Å². The van der Waals surface area contributed by atoms with E-state index in [4.69, 9.17) is 0 Å². The lowest BCUT2D eigenvalue weighted by molar-refractivity contribution is 0.0616. The van der Waals surface area contributed by atoms with E-state index < -0.39 is 0 Å². The minimum atomic E-state index is 0.122. The normalized spacial score (nSPS) is 21.3. The van der Waals surface area contributed by atoms with Gasteiger partial charge in [-0.15, -0.1) is 11.3 Å². The quantitative estimate of drug-likeness (QED) is 0.702. The van der Waals surface area contributed by atoms with Crippen LogP contribution in [0.2, 0.25) is 0 Å². The molecule has 24 heavy (non-hydrogen) atoms. The number of aromatic nitrogens is 2. The molecule has 1 amide bonds. The molecule has 1 fully saturated rings. The lowest BCUT2D eigenvalue weighted by Gasteiger charge is -2.34. The zero-order chi connectivity index (χ0) is 16.7. The van der Waals surface area contributed by atoms with Crippen LogP contribution in [0.1, 0.15) is 30.8 Å². The number of likely N-dealkylation sites (tertiary alicyclic amines) is 1. The molecule has 3 aromatic rings. The molecule has 1 aromatic carbocycles. The third-order valence-electron chi connectivity index (χ3n) is 4.65. The van der Waals surface area contributed by atoms with Gasteiger partial charge in [-0.05, 0) is 18.3 Å². The Balaban J connectivity index is 1.67. The number of fused-ring (bicyclic) bond motifs is 1. The summed E-state index contributed by atoms with van der Waals surface area (Å²) in [5.41, 5.74) is 2.72. The Morgan fingerprint density at radius 1 is 1.17 bits per heavy atom. The maximum Gasteiger partial charge on any atom is 0.271 e. The third kappa shape index (κ3) is 2.73. The van der Waals surface area contributed by atoms with E-state index in [2.05, 4.69) is 18.8 Å². The lowest BCUT2D eigenvalue weighted by atomic mass is 9.92. The molecule has 1 saturated heterocycles. The van der Waals surface area contributed by atoms with Gasteiger partial charge in [0.2, 0.25) is 0 Å². The number of carbonyl (C=O) groups excluding carboxylic acids is 1. The molecule has 2 unspecified atom stereocenters. The molecule has 5 heteroatoms. The fourth-order valence-corrected chi connectivity index (χ4v) is 4.52. The van der Waals surface area contributed by atoms with Gasteiger partial charge >= 0.3 is 0 Å². The maximum absolute atomic E-state index is 13.0. The number of nitrogens with zero attached hydrogens (tertiary/aromatic N) is 3. The second kappa shape index (κ2) is 6.06. The Labute approximate surface area is 145 Å². The van der Waals surface area contributed by atoms with Crippen LogP contribution in [-0.2, 0) is 0 Å². The van der Waals surface area contributed by atoms with Crippen LogP contribution in [0.4, 0.5) is 0 Å². The van der Waals surface area contributed by atoms with Gasteiger partial charge in [0.1, 0.15) is 5.69 Å². The van der Waals surface area contributed by atoms with Crippen LogP contribution in [0.3, 0.4) is 0 Å². The predicted octanol–water partition coefficient (Wildman–Crippen LogP) is 4.18. The van der Waals surface area contributed by atoms with E-state index in [1.807, 2.05) is 51.2 Å². The molecule has 1 aliphatic heterocycles. The summed E-state index contributed by atoms with van der Waals surface area (Å²) in [6.07, 6.45) is 3.18. The molecule has 0 bridgehead atoms. The van der Waals surface area contributed by atoms with E-state index >= 15 is 0 Å². The average Bonchev–Trinajstić information content (AvgIpc) is 3.14. The molecule has 4 rings (SSSR count). The van der Waals surface area contributed by atoms with Gasteiger partial charge in [-0.3, -0.25) is 9.20 Å². The predicted molar refractivity (Wildman–Crippen MR) is 97.4 cm³/mol. The monoisotopic (exact) mass is 339 g/mol. The van der Waals surface area contributed by atoms with Crippen molar-refractivity contribution in [1.29, 1.82) is 0 Å². The van der Waals surface area contributed by atoms with Crippen LogP contribution in [0.5, 0.6) is 0 Å². The van der Waals surface area contributed by atoms with Gasteiger partial charge in [-0.25, -0.2) is 4.98 Å². The molecule has 124 valence electrons. The maximum atomic E-state index is 13.0. The summed E-state index contributed by atoms with van der Waals surface area (Å²) in [5, 5.41) is 1.93. The topological polar surface area (TPSA) is 37.6 Å². The van der Waals surface area contributed by atoms with Crippen molar-refractivity contribution in [2.24, 2.45) is 11.8 Å². The van der Waals surface area contributed by atoms with E-state index in [0.29, 0.717) is 11.8 Å². The Hall–Kier alpha value is -2.14. The van der Waals surface area contributed by atoms with Gasteiger partial charge < -0.3 is 4.90 Å². The number of carbonyl (C=O) groups is 1. The second-order valence-electron chi connectivity index (χ2n) is 6.92. The summed E-state index contributed by atoms with van der Waals surface area (Å²) >= 11 is 1.53. The Morgan fingerprint density at radius 3 is 2.58 bits per heavy atom. The van der Waals surface area contributed by atoms with Crippen molar-refractivity contribution in [1.82, 2.24) is 14.3 Å². The Bertz CT molecular complexity index is 857. The van der Waals surface area contributed by atoms with Crippen LogP contribution < -0.4 is 0 Å². The summed E-state index contributed by atoms with van der Waals surface area (Å²) in [6, 6.07) is 10.1. The zero-order valence-electron chi connectivity index (χ0n) is 14.0. The van der Waals surface area contributed by atoms with E-state index in [1.165, 1.54) is 17.8 Å². The van der Waals surface area contributed by atoms with Gasteiger partial charge in [-0.2, -0.15) is 0 Å². The fraction of sp³-hybridized carbons (Fsp3) is 0.368. The fourth-order valence-electron chi connectivity index (χ4n) is 3.68. The first-order chi connectivity index (χ1) is 11.6. The largest absolute Gasteiger partial charge is 0.337 e. The van der Waals surface area contributed by atoms with Crippen molar-refractivity contribution < 1.29 is 4.79 Å². The highest BCUT2D eigenvalue weighted by atomic mass is 32.1. The SMILES string of the molecule is CC1CC(C)CN(C(=O)c2csc3nc(-c4ccccc4)cn23)C1. The van der Waals surface area contributed by atoms with Crippen molar-refractivity contribution in [2.75, 3.05) is 13.1 Å². The zero-order valence-corrected chi connectivity index (χ0v) is 14.8. The van der Waals surface area contributed by atoms with Gasteiger partial charge in [0.05, 0.1) is 5.69 Å². The molecule has 1 aliphatic rings. The third-order valence-corrected chi connectivity index (χ3v) is 5.49. The second-order valence-corrected chi connectivity index (χ2v) is 7.76. The minimum Gasteiger partial charge on any atom is -0.337 e. The number of hydrogen-bond donors (Lipinski definition) is 0. The first-order valence-corrected chi connectivity index (χ1v) is 9.31. The van der Waals surface area contributed by atoms with E-state index in [-0.39, 0.29) is 5.91 Å². The molecule has 0 saturated carbocycles. The Morgan fingerprint density at radius 2 is 1.88 bits per heavy atom. The molecule has 0 radical (unpaired) electrons. The lowest BCUT2D eigenvalue weighted by Crippen LogP contribution is -2.42. The van der Waals surface area contributed by atoms with Crippen LogP contribution in [0, 0.1) is 11.8 Å².